The maximum atomic E-state index is 3.48. The lowest BCUT2D eigenvalue weighted by molar-refractivity contribution is 0.571. The standard InChI is InChI=1S/C21H25N/c1-17-12-13-18-10-6-7-11-19(18)20(17)16-22-15-9-5-8-14-21(2,3)4/h5-7,9-13,22H,15-16H2,1-4H3/b9-5+. The van der Waals surface area contributed by atoms with Gasteiger partial charge in [-0.15, -0.1) is 0 Å². The van der Waals surface area contributed by atoms with Crippen molar-refractivity contribution >= 4 is 10.8 Å². The number of hydrogen-bond acceptors (Lipinski definition) is 1. The molecular formula is C21H25N. The van der Waals surface area contributed by atoms with Crippen molar-refractivity contribution in [3.63, 3.8) is 0 Å². The highest BCUT2D eigenvalue weighted by atomic mass is 14.8. The summed E-state index contributed by atoms with van der Waals surface area (Å²) in [6.45, 7) is 10.2. The summed E-state index contributed by atoms with van der Waals surface area (Å²) in [5, 5.41) is 6.12. The number of rotatable bonds is 4. The molecule has 0 fully saturated rings. The molecule has 1 N–H and O–H groups in total. The maximum absolute atomic E-state index is 3.48. The van der Waals surface area contributed by atoms with Gasteiger partial charge in [-0.1, -0.05) is 54.3 Å². The highest BCUT2D eigenvalue weighted by molar-refractivity contribution is 5.86. The number of nitrogens with one attached hydrogen (secondary N) is 1. The molecule has 1 heteroatoms. The first-order chi connectivity index (χ1) is 10.5. The van der Waals surface area contributed by atoms with Crippen LogP contribution in [0.4, 0.5) is 0 Å². The predicted octanol–water partition coefficient (Wildman–Crippen LogP) is 4.84. The molecule has 0 atom stereocenters. The minimum absolute atomic E-state index is 0.0673. The molecule has 0 saturated carbocycles. The Hall–Kier alpha value is -2.04. The van der Waals surface area contributed by atoms with E-state index in [2.05, 4.69) is 87.3 Å². The molecule has 0 aliphatic heterocycles. The Morgan fingerprint density at radius 3 is 2.64 bits per heavy atom. The Balaban J connectivity index is 1.96. The molecule has 0 saturated heterocycles. The van der Waals surface area contributed by atoms with Crippen molar-refractivity contribution in [3.8, 4) is 11.8 Å². The van der Waals surface area contributed by atoms with E-state index in [9.17, 15) is 0 Å². The largest absolute Gasteiger partial charge is 0.309 e. The SMILES string of the molecule is Cc1ccc2ccccc2c1CNC/C=C/C#CC(C)(C)C. The van der Waals surface area contributed by atoms with Crippen LogP contribution in [0.2, 0.25) is 0 Å². The lowest BCUT2D eigenvalue weighted by atomic mass is 9.98. The number of fused-ring (bicyclic) bond motifs is 1. The quantitative estimate of drug-likeness (QED) is 0.627. The molecule has 114 valence electrons. The Labute approximate surface area is 134 Å². The average Bonchev–Trinajstić information content (AvgIpc) is 2.47. The number of hydrogen-bond donors (Lipinski definition) is 1. The van der Waals surface area contributed by atoms with Gasteiger partial charge in [0.1, 0.15) is 0 Å². The van der Waals surface area contributed by atoms with Crippen molar-refractivity contribution in [2.24, 2.45) is 5.41 Å². The summed E-state index contributed by atoms with van der Waals surface area (Å²) in [4.78, 5) is 0. The minimum atomic E-state index is 0.0673. The third-order valence-electron chi connectivity index (χ3n) is 3.49. The fraction of sp³-hybridized carbons (Fsp3) is 0.333. The van der Waals surface area contributed by atoms with E-state index in [1.165, 1.54) is 21.9 Å². The van der Waals surface area contributed by atoms with Gasteiger partial charge in [0, 0.05) is 18.5 Å². The summed E-state index contributed by atoms with van der Waals surface area (Å²) in [5.74, 6) is 6.29. The fourth-order valence-electron chi connectivity index (χ4n) is 2.34. The number of benzene rings is 2. The molecule has 0 radical (unpaired) electrons. The molecule has 2 aromatic rings. The van der Waals surface area contributed by atoms with Crippen LogP contribution in [0.15, 0.2) is 48.6 Å². The van der Waals surface area contributed by atoms with Crippen molar-refractivity contribution in [2.45, 2.75) is 34.2 Å². The van der Waals surface area contributed by atoms with Gasteiger partial charge in [-0.05, 0) is 55.7 Å². The lowest BCUT2D eigenvalue weighted by Gasteiger charge is -2.10. The molecule has 0 aliphatic rings. The first-order valence-corrected chi connectivity index (χ1v) is 7.83. The van der Waals surface area contributed by atoms with Crippen LogP contribution in [0, 0.1) is 24.2 Å². The van der Waals surface area contributed by atoms with Crippen LogP contribution in [0.1, 0.15) is 31.9 Å². The first-order valence-electron chi connectivity index (χ1n) is 7.83. The third kappa shape index (κ3) is 4.76. The predicted molar refractivity (Wildman–Crippen MR) is 96.8 cm³/mol. The molecule has 2 aromatic carbocycles. The van der Waals surface area contributed by atoms with Gasteiger partial charge in [0.2, 0.25) is 0 Å². The minimum Gasteiger partial charge on any atom is -0.309 e. The third-order valence-corrected chi connectivity index (χ3v) is 3.49. The molecule has 1 nitrogen and oxygen atoms in total. The van der Waals surface area contributed by atoms with Gasteiger partial charge >= 0.3 is 0 Å². The highest BCUT2D eigenvalue weighted by Crippen LogP contribution is 2.21. The molecular weight excluding hydrogens is 266 g/mol. The van der Waals surface area contributed by atoms with Crippen molar-refractivity contribution < 1.29 is 0 Å². The molecule has 0 aliphatic carbocycles. The van der Waals surface area contributed by atoms with E-state index >= 15 is 0 Å². The van der Waals surface area contributed by atoms with Gasteiger partial charge in [0.15, 0.2) is 0 Å². The summed E-state index contributed by atoms with van der Waals surface area (Å²) >= 11 is 0. The summed E-state index contributed by atoms with van der Waals surface area (Å²) < 4.78 is 0. The van der Waals surface area contributed by atoms with Crippen LogP contribution in [0.5, 0.6) is 0 Å². The van der Waals surface area contributed by atoms with E-state index in [0.29, 0.717) is 0 Å². The van der Waals surface area contributed by atoms with Gasteiger partial charge in [-0.2, -0.15) is 0 Å². The van der Waals surface area contributed by atoms with E-state index in [1.54, 1.807) is 0 Å². The zero-order valence-electron chi connectivity index (χ0n) is 14.0. The van der Waals surface area contributed by atoms with Gasteiger partial charge in [0.25, 0.3) is 0 Å². The highest BCUT2D eigenvalue weighted by Gasteiger charge is 2.03. The summed E-state index contributed by atoms with van der Waals surface area (Å²) in [6.07, 6.45) is 4.02. The van der Waals surface area contributed by atoms with Crippen LogP contribution in [0.3, 0.4) is 0 Å². The second kappa shape index (κ2) is 7.29. The molecule has 0 unspecified atom stereocenters. The van der Waals surface area contributed by atoms with E-state index in [-0.39, 0.29) is 5.41 Å². The smallest absolute Gasteiger partial charge is 0.0233 e. The van der Waals surface area contributed by atoms with Crippen molar-refractivity contribution in [3.05, 3.63) is 59.7 Å². The maximum Gasteiger partial charge on any atom is 0.0233 e. The van der Waals surface area contributed by atoms with Crippen LogP contribution in [0.25, 0.3) is 10.8 Å². The monoisotopic (exact) mass is 291 g/mol. The Morgan fingerprint density at radius 1 is 1.09 bits per heavy atom. The van der Waals surface area contributed by atoms with E-state index < -0.39 is 0 Å². The zero-order valence-corrected chi connectivity index (χ0v) is 14.0. The van der Waals surface area contributed by atoms with Crippen LogP contribution >= 0.6 is 0 Å². The normalized spacial score (nSPS) is 11.6. The second-order valence-electron chi connectivity index (χ2n) is 6.63. The van der Waals surface area contributed by atoms with Crippen molar-refractivity contribution in [1.82, 2.24) is 5.32 Å². The summed E-state index contributed by atoms with van der Waals surface area (Å²) in [7, 11) is 0. The van der Waals surface area contributed by atoms with Gasteiger partial charge in [0.05, 0.1) is 0 Å². The lowest BCUT2D eigenvalue weighted by Crippen LogP contribution is -2.14. The molecule has 22 heavy (non-hydrogen) atoms. The molecule has 0 aromatic heterocycles. The summed E-state index contributed by atoms with van der Waals surface area (Å²) in [6, 6.07) is 12.9. The van der Waals surface area contributed by atoms with Crippen molar-refractivity contribution in [2.75, 3.05) is 6.54 Å². The number of allylic oxidation sites excluding steroid dienone is 1. The zero-order chi connectivity index (χ0) is 16.0. The van der Waals surface area contributed by atoms with Crippen molar-refractivity contribution in [1.29, 1.82) is 0 Å². The van der Waals surface area contributed by atoms with Crippen LogP contribution < -0.4 is 5.32 Å². The molecule has 0 spiro atoms. The van der Waals surface area contributed by atoms with Crippen LogP contribution in [-0.4, -0.2) is 6.54 Å². The molecule has 2 rings (SSSR count). The van der Waals surface area contributed by atoms with E-state index in [4.69, 9.17) is 0 Å². The van der Waals surface area contributed by atoms with E-state index in [0.717, 1.165) is 13.1 Å². The second-order valence-corrected chi connectivity index (χ2v) is 6.63. The first kappa shape index (κ1) is 16.3. The van der Waals surface area contributed by atoms with Crippen LogP contribution in [-0.2, 0) is 6.54 Å². The Bertz CT molecular complexity index is 721. The molecule has 0 amide bonds. The summed E-state index contributed by atoms with van der Waals surface area (Å²) in [5.41, 5.74) is 2.78. The van der Waals surface area contributed by atoms with Gasteiger partial charge in [-0.25, -0.2) is 0 Å². The fourth-order valence-corrected chi connectivity index (χ4v) is 2.34. The van der Waals surface area contributed by atoms with Gasteiger partial charge < -0.3 is 5.32 Å². The Kier molecular flexibility index (Phi) is 5.41. The molecule has 0 bridgehead atoms. The topological polar surface area (TPSA) is 12.0 Å². The number of aryl methyl sites for hydroxylation is 1. The van der Waals surface area contributed by atoms with E-state index in [1.807, 2.05) is 6.08 Å². The Morgan fingerprint density at radius 2 is 1.86 bits per heavy atom. The molecule has 0 heterocycles. The van der Waals surface area contributed by atoms with Gasteiger partial charge in [-0.3, -0.25) is 0 Å². The average molecular weight is 291 g/mol.